The van der Waals surface area contributed by atoms with E-state index in [0.717, 1.165) is 54.5 Å². The minimum absolute atomic E-state index is 0.179. The van der Waals surface area contributed by atoms with Crippen LogP contribution >= 0.6 is 0 Å². The van der Waals surface area contributed by atoms with Crippen molar-refractivity contribution in [3.63, 3.8) is 0 Å². The van der Waals surface area contributed by atoms with Crippen molar-refractivity contribution in [3.8, 4) is 6.07 Å². The van der Waals surface area contributed by atoms with Crippen molar-refractivity contribution in [2.75, 3.05) is 27.2 Å². The summed E-state index contributed by atoms with van der Waals surface area (Å²) in [7, 11) is 4.17. The number of carbonyl (C=O) groups excluding carboxylic acids is 1. The first kappa shape index (κ1) is 30.6. The van der Waals surface area contributed by atoms with Gasteiger partial charge in [0.25, 0.3) is 5.91 Å². The Morgan fingerprint density at radius 2 is 1.54 bits per heavy atom. The van der Waals surface area contributed by atoms with Gasteiger partial charge >= 0.3 is 0 Å². The number of benzene rings is 1. The van der Waals surface area contributed by atoms with E-state index in [1.807, 2.05) is 12.1 Å². The molecule has 1 N–H and O–H groups in total. The largest absolute Gasteiger partial charge is 0.351 e. The number of nitrogens with zero attached hydrogens (tertiary/aromatic N) is 3. The Bertz CT molecular complexity index is 1010. The zero-order valence-corrected chi connectivity index (χ0v) is 24.0. The maximum absolute atomic E-state index is 12.8. The third-order valence-corrected chi connectivity index (χ3v) is 7.24. The average Bonchev–Trinajstić information content (AvgIpc) is 3.15. The lowest BCUT2D eigenvalue weighted by Gasteiger charge is -2.12. The number of hydrogen-bond acceptors (Lipinski definition) is 3. The van der Waals surface area contributed by atoms with E-state index in [2.05, 4.69) is 60.9 Å². The maximum atomic E-state index is 12.8. The Balaban J connectivity index is 1.81. The van der Waals surface area contributed by atoms with Gasteiger partial charge in [-0.1, -0.05) is 95.8 Å². The van der Waals surface area contributed by atoms with Gasteiger partial charge in [0.1, 0.15) is 11.6 Å². The molecule has 0 atom stereocenters. The number of aromatic nitrogens is 1. The molecule has 2 aromatic rings. The van der Waals surface area contributed by atoms with Crippen LogP contribution in [0.15, 0.2) is 29.8 Å². The van der Waals surface area contributed by atoms with Crippen LogP contribution in [-0.2, 0) is 11.3 Å². The molecule has 0 fully saturated rings. The molecule has 5 heteroatoms. The molecule has 0 aliphatic rings. The lowest BCUT2D eigenvalue weighted by atomic mass is 10.1. The summed E-state index contributed by atoms with van der Waals surface area (Å²) in [5, 5.41) is 13.8. The summed E-state index contributed by atoms with van der Waals surface area (Å²) in [5.74, 6) is -0.269. The molecule has 204 valence electrons. The number of para-hydroxylation sites is 1. The van der Waals surface area contributed by atoms with E-state index >= 15 is 0 Å². The number of carbonyl (C=O) groups is 1. The molecule has 0 radical (unpaired) electrons. The SMILES string of the molecule is CCCCCCCCCCCCCCNC(=O)/C(C#N)=C/c1c(C)n(CCCN(C)C)c2ccccc12. The number of fused-ring (bicyclic) bond motifs is 1. The lowest BCUT2D eigenvalue weighted by molar-refractivity contribution is -0.117. The molecule has 1 heterocycles. The molecule has 0 aliphatic heterocycles. The highest BCUT2D eigenvalue weighted by molar-refractivity contribution is 6.04. The van der Waals surface area contributed by atoms with E-state index in [0.29, 0.717) is 6.54 Å². The summed E-state index contributed by atoms with van der Waals surface area (Å²) in [5.41, 5.74) is 3.40. The van der Waals surface area contributed by atoms with Gasteiger partial charge in [-0.2, -0.15) is 5.26 Å². The Morgan fingerprint density at radius 3 is 2.14 bits per heavy atom. The van der Waals surface area contributed by atoms with Gasteiger partial charge in [-0.3, -0.25) is 4.79 Å². The second-order valence-electron chi connectivity index (χ2n) is 10.6. The quantitative estimate of drug-likeness (QED) is 0.121. The van der Waals surface area contributed by atoms with Crippen LogP contribution in [0.2, 0.25) is 0 Å². The molecule has 1 amide bonds. The predicted octanol–water partition coefficient (Wildman–Crippen LogP) is 7.63. The van der Waals surface area contributed by atoms with Crippen molar-refractivity contribution in [1.29, 1.82) is 5.26 Å². The van der Waals surface area contributed by atoms with Gasteiger partial charge in [-0.05, 0) is 52.5 Å². The highest BCUT2D eigenvalue weighted by Crippen LogP contribution is 2.28. The molecule has 0 bridgehead atoms. The summed E-state index contributed by atoms with van der Waals surface area (Å²) < 4.78 is 2.31. The number of hydrogen-bond donors (Lipinski definition) is 1. The molecular weight excluding hydrogens is 456 g/mol. The highest BCUT2D eigenvalue weighted by atomic mass is 16.1. The number of rotatable bonds is 19. The van der Waals surface area contributed by atoms with Crippen molar-refractivity contribution < 1.29 is 4.79 Å². The fourth-order valence-corrected chi connectivity index (χ4v) is 5.03. The fourth-order valence-electron chi connectivity index (χ4n) is 5.03. The molecule has 0 unspecified atom stereocenters. The van der Waals surface area contributed by atoms with Gasteiger partial charge in [0.15, 0.2) is 0 Å². The Hall–Kier alpha value is -2.58. The number of aryl methyl sites for hydroxylation is 1. The van der Waals surface area contributed by atoms with Crippen LogP contribution in [0, 0.1) is 18.3 Å². The van der Waals surface area contributed by atoms with Crippen molar-refractivity contribution in [2.45, 2.75) is 104 Å². The van der Waals surface area contributed by atoms with E-state index < -0.39 is 0 Å². The van der Waals surface area contributed by atoms with Crippen LogP contribution in [-0.4, -0.2) is 42.6 Å². The number of nitrogens with one attached hydrogen (secondary N) is 1. The van der Waals surface area contributed by atoms with Gasteiger partial charge in [0, 0.05) is 35.2 Å². The van der Waals surface area contributed by atoms with Crippen molar-refractivity contribution in [3.05, 3.63) is 41.1 Å². The Morgan fingerprint density at radius 1 is 0.946 bits per heavy atom. The third kappa shape index (κ3) is 10.7. The summed E-state index contributed by atoms with van der Waals surface area (Å²) >= 11 is 0. The number of amides is 1. The van der Waals surface area contributed by atoms with Crippen molar-refractivity contribution in [1.82, 2.24) is 14.8 Å². The molecule has 2 rings (SSSR count). The minimum atomic E-state index is -0.269. The van der Waals surface area contributed by atoms with E-state index in [4.69, 9.17) is 0 Å². The van der Waals surface area contributed by atoms with E-state index in [1.54, 1.807) is 6.08 Å². The smallest absolute Gasteiger partial charge is 0.261 e. The van der Waals surface area contributed by atoms with E-state index in [9.17, 15) is 10.1 Å². The van der Waals surface area contributed by atoms with Gasteiger partial charge < -0.3 is 14.8 Å². The molecule has 5 nitrogen and oxygen atoms in total. The highest BCUT2D eigenvalue weighted by Gasteiger charge is 2.15. The van der Waals surface area contributed by atoms with E-state index in [-0.39, 0.29) is 11.5 Å². The van der Waals surface area contributed by atoms with Gasteiger partial charge in [-0.25, -0.2) is 0 Å². The molecule has 0 spiro atoms. The maximum Gasteiger partial charge on any atom is 0.261 e. The summed E-state index contributed by atoms with van der Waals surface area (Å²) in [6.45, 7) is 6.90. The van der Waals surface area contributed by atoms with E-state index in [1.165, 1.54) is 64.2 Å². The summed E-state index contributed by atoms with van der Waals surface area (Å²) in [6, 6.07) is 10.4. The predicted molar refractivity (Wildman–Crippen MR) is 158 cm³/mol. The van der Waals surface area contributed by atoms with Crippen molar-refractivity contribution in [2.24, 2.45) is 0 Å². The Labute approximate surface area is 225 Å². The van der Waals surface area contributed by atoms with Crippen molar-refractivity contribution >= 4 is 22.9 Å². The zero-order valence-electron chi connectivity index (χ0n) is 24.0. The lowest BCUT2D eigenvalue weighted by Crippen LogP contribution is -2.25. The molecular formula is C32H50N4O. The van der Waals surface area contributed by atoms with Gasteiger partial charge in [0.05, 0.1) is 0 Å². The Kier molecular flexibility index (Phi) is 14.7. The first-order chi connectivity index (χ1) is 18.0. The molecule has 0 saturated carbocycles. The first-order valence-corrected chi connectivity index (χ1v) is 14.6. The molecule has 1 aromatic carbocycles. The van der Waals surface area contributed by atoms with Crippen LogP contribution in [0.4, 0.5) is 0 Å². The first-order valence-electron chi connectivity index (χ1n) is 14.6. The van der Waals surface area contributed by atoms with Crippen LogP contribution in [0.3, 0.4) is 0 Å². The number of nitriles is 1. The fraction of sp³-hybridized carbons (Fsp3) is 0.625. The van der Waals surface area contributed by atoms with Crippen LogP contribution in [0.5, 0.6) is 0 Å². The van der Waals surface area contributed by atoms with Crippen LogP contribution < -0.4 is 5.32 Å². The van der Waals surface area contributed by atoms with Gasteiger partial charge in [0.2, 0.25) is 0 Å². The second kappa shape index (κ2) is 17.8. The second-order valence-corrected chi connectivity index (χ2v) is 10.6. The summed E-state index contributed by atoms with van der Waals surface area (Å²) in [4.78, 5) is 15.0. The topological polar surface area (TPSA) is 61.1 Å². The molecule has 0 saturated heterocycles. The molecule has 1 aromatic heterocycles. The third-order valence-electron chi connectivity index (χ3n) is 7.24. The molecule has 0 aliphatic carbocycles. The standard InChI is InChI=1S/C32H50N4O/c1-5-6-7-8-9-10-11-12-13-14-15-18-22-34-32(37)28(26-33)25-30-27(2)36(24-19-23-35(3)4)31-21-17-16-20-29(30)31/h16-17,20-21,25H,5-15,18-19,22-24H2,1-4H3,(H,34,37)/b28-25+. The normalized spacial score (nSPS) is 11.8. The minimum Gasteiger partial charge on any atom is -0.351 e. The zero-order chi connectivity index (χ0) is 26.9. The van der Waals surface area contributed by atoms with Gasteiger partial charge in [-0.15, -0.1) is 0 Å². The van der Waals surface area contributed by atoms with Crippen LogP contribution in [0.1, 0.15) is 102 Å². The number of unbranched alkanes of at least 4 members (excludes halogenated alkanes) is 11. The molecule has 37 heavy (non-hydrogen) atoms. The van der Waals surface area contributed by atoms with Crippen LogP contribution in [0.25, 0.3) is 17.0 Å². The summed E-state index contributed by atoms with van der Waals surface area (Å²) in [6.07, 6.45) is 18.3. The monoisotopic (exact) mass is 506 g/mol. The average molecular weight is 507 g/mol.